The minimum absolute atomic E-state index is 0.0165. The Hall–Kier alpha value is -0.940. The summed E-state index contributed by atoms with van der Waals surface area (Å²) in [6.45, 7) is 4.15. The van der Waals surface area contributed by atoms with Crippen molar-refractivity contribution in [2.45, 2.75) is 50.7 Å². The molecule has 2 fully saturated rings. The van der Waals surface area contributed by atoms with Crippen LogP contribution in [-0.4, -0.2) is 29.3 Å². The van der Waals surface area contributed by atoms with Gasteiger partial charge in [-0.3, -0.25) is 0 Å². The van der Waals surface area contributed by atoms with Crippen molar-refractivity contribution in [1.82, 2.24) is 15.5 Å². The van der Waals surface area contributed by atoms with Gasteiger partial charge in [0.05, 0.1) is 6.10 Å². The van der Waals surface area contributed by atoms with Gasteiger partial charge < -0.3 is 14.6 Å². The molecule has 0 saturated carbocycles. The highest BCUT2D eigenvalue weighted by Crippen LogP contribution is 2.32. The lowest BCUT2D eigenvalue weighted by atomic mass is 9.99. The molecule has 17 heavy (non-hydrogen) atoms. The summed E-state index contributed by atoms with van der Waals surface area (Å²) in [5, 5.41) is 7.47. The molecule has 5 heteroatoms. The zero-order chi connectivity index (χ0) is 11.7. The van der Waals surface area contributed by atoms with E-state index in [9.17, 15) is 0 Å². The normalized spacial score (nSPS) is 34.1. The second-order valence-electron chi connectivity index (χ2n) is 5.05. The molecule has 0 radical (unpaired) electrons. The lowest BCUT2D eigenvalue weighted by Crippen LogP contribution is -2.28. The topological polar surface area (TPSA) is 60.2 Å². The number of piperidine rings is 1. The second kappa shape index (κ2) is 4.74. The van der Waals surface area contributed by atoms with E-state index in [1.807, 2.05) is 0 Å². The van der Waals surface area contributed by atoms with E-state index in [4.69, 9.17) is 9.26 Å². The summed E-state index contributed by atoms with van der Waals surface area (Å²) in [6, 6.07) is 0. The predicted molar refractivity (Wildman–Crippen MR) is 61.7 cm³/mol. The van der Waals surface area contributed by atoms with Crippen LogP contribution >= 0.6 is 0 Å². The van der Waals surface area contributed by atoms with Gasteiger partial charge in [0.25, 0.3) is 5.89 Å². The van der Waals surface area contributed by atoms with Crippen molar-refractivity contribution in [3.63, 3.8) is 0 Å². The number of rotatable bonds is 2. The molecule has 2 aliphatic rings. The summed E-state index contributed by atoms with van der Waals surface area (Å²) < 4.78 is 11.1. The third-order valence-corrected chi connectivity index (χ3v) is 3.63. The van der Waals surface area contributed by atoms with E-state index in [1.165, 1.54) is 6.42 Å². The number of aromatic nitrogens is 2. The standard InChI is InChI=1S/C12H19N3O2/c1-8-4-5-10(16-8)12-14-11(15-17-12)9-3-2-6-13-7-9/h8-10,13H,2-7H2,1H3. The average Bonchev–Trinajstić information content (AvgIpc) is 2.98. The van der Waals surface area contributed by atoms with Crippen molar-refractivity contribution in [3.05, 3.63) is 11.7 Å². The minimum atomic E-state index is 0.0165. The van der Waals surface area contributed by atoms with Gasteiger partial charge in [0.2, 0.25) is 0 Å². The van der Waals surface area contributed by atoms with Gasteiger partial charge in [-0.25, -0.2) is 0 Å². The molecular formula is C12H19N3O2. The molecular weight excluding hydrogens is 218 g/mol. The van der Waals surface area contributed by atoms with Crippen LogP contribution in [0.1, 0.15) is 56.3 Å². The van der Waals surface area contributed by atoms with Crippen LogP contribution in [-0.2, 0) is 4.74 Å². The monoisotopic (exact) mass is 237 g/mol. The van der Waals surface area contributed by atoms with Crippen LogP contribution in [0.3, 0.4) is 0 Å². The van der Waals surface area contributed by atoms with Crippen molar-refractivity contribution < 1.29 is 9.26 Å². The average molecular weight is 237 g/mol. The molecule has 3 unspecified atom stereocenters. The Bertz CT molecular complexity index is 354. The third-order valence-electron chi connectivity index (χ3n) is 3.63. The van der Waals surface area contributed by atoms with Gasteiger partial charge in [-0.05, 0) is 39.2 Å². The van der Waals surface area contributed by atoms with E-state index < -0.39 is 0 Å². The fourth-order valence-corrected chi connectivity index (χ4v) is 2.60. The van der Waals surface area contributed by atoms with Crippen molar-refractivity contribution in [1.29, 1.82) is 0 Å². The van der Waals surface area contributed by atoms with Gasteiger partial charge in [0.1, 0.15) is 6.10 Å². The predicted octanol–water partition coefficient (Wildman–Crippen LogP) is 1.78. The van der Waals surface area contributed by atoms with Gasteiger partial charge in [-0.1, -0.05) is 5.16 Å². The number of ether oxygens (including phenoxy) is 1. The first-order chi connectivity index (χ1) is 8.33. The Balaban J connectivity index is 1.69. The van der Waals surface area contributed by atoms with Gasteiger partial charge in [-0.2, -0.15) is 4.98 Å². The Kier molecular flexibility index (Phi) is 3.11. The highest BCUT2D eigenvalue weighted by Gasteiger charge is 2.29. The number of nitrogens with zero attached hydrogens (tertiary/aromatic N) is 2. The van der Waals surface area contributed by atoms with Crippen molar-refractivity contribution in [3.8, 4) is 0 Å². The summed E-state index contributed by atoms with van der Waals surface area (Å²) >= 11 is 0. The fraction of sp³-hybridized carbons (Fsp3) is 0.833. The van der Waals surface area contributed by atoms with Crippen molar-refractivity contribution in [2.75, 3.05) is 13.1 Å². The van der Waals surface area contributed by atoms with Gasteiger partial charge in [-0.15, -0.1) is 0 Å². The lowest BCUT2D eigenvalue weighted by Gasteiger charge is -2.19. The molecule has 94 valence electrons. The Labute approximate surface area is 101 Å². The molecule has 3 rings (SSSR count). The lowest BCUT2D eigenvalue weighted by molar-refractivity contribution is 0.0355. The largest absolute Gasteiger partial charge is 0.365 e. The summed E-state index contributed by atoms with van der Waals surface area (Å²) in [5.74, 6) is 1.91. The highest BCUT2D eigenvalue weighted by atomic mass is 16.5. The Morgan fingerprint density at radius 1 is 1.29 bits per heavy atom. The molecule has 1 N–H and O–H groups in total. The van der Waals surface area contributed by atoms with Crippen LogP contribution < -0.4 is 5.32 Å². The van der Waals surface area contributed by atoms with Crippen molar-refractivity contribution in [2.24, 2.45) is 0 Å². The second-order valence-corrected chi connectivity index (χ2v) is 5.05. The van der Waals surface area contributed by atoms with Crippen LogP contribution in [0.2, 0.25) is 0 Å². The molecule has 2 saturated heterocycles. The summed E-state index contributed by atoms with van der Waals surface area (Å²) in [6.07, 6.45) is 4.73. The van der Waals surface area contributed by atoms with Gasteiger partial charge in [0, 0.05) is 12.5 Å². The molecule has 1 aromatic rings. The third kappa shape index (κ3) is 2.35. The Morgan fingerprint density at radius 3 is 2.94 bits per heavy atom. The summed E-state index contributed by atoms with van der Waals surface area (Å²) in [4.78, 5) is 4.51. The maximum atomic E-state index is 5.74. The van der Waals surface area contributed by atoms with E-state index in [2.05, 4.69) is 22.4 Å². The number of nitrogens with one attached hydrogen (secondary N) is 1. The van der Waals surface area contributed by atoms with Crippen LogP contribution in [0, 0.1) is 0 Å². The first-order valence-electron chi connectivity index (χ1n) is 6.52. The van der Waals surface area contributed by atoms with Gasteiger partial charge in [0.15, 0.2) is 5.82 Å². The van der Waals surface area contributed by atoms with E-state index in [-0.39, 0.29) is 6.10 Å². The number of hydrogen-bond donors (Lipinski definition) is 1. The van der Waals surface area contributed by atoms with Crippen LogP contribution in [0.15, 0.2) is 4.52 Å². The molecule has 0 spiro atoms. The molecule has 3 atom stereocenters. The van der Waals surface area contributed by atoms with E-state index in [1.54, 1.807) is 0 Å². The van der Waals surface area contributed by atoms with Crippen LogP contribution in [0.25, 0.3) is 0 Å². The smallest absolute Gasteiger partial charge is 0.255 e. The SMILES string of the molecule is CC1CCC(c2nc(C3CCCNC3)no2)O1. The molecule has 0 amide bonds. The maximum absolute atomic E-state index is 5.74. The molecule has 2 aliphatic heterocycles. The molecule has 0 bridgehead atoms. The maximum Gasteiger partial charge on any atom is 0.255 e. The minimum Gasteiger partial charge on any atom is -0.365 e. The zero-order valence-electron chi connectivity index (χ0n) is 10.2. The number of hydrogen-bond acceptors (Lipinski definition) is 5. The highest BCUT2D eigenvalue weighted by molar-refractivity contribution is 5.00. The first-order valence-corrected chi connectivity index (χ1v) is 6.52. The molecule has 1 aromatic heterocycles. The van der Waals surface area contributed by atoms with E-state index >= 15 is 0 Å². The summed E-state index contributed by atoms with van der Waals surface area (Å²) in [5.41, 5.74) is 0. The van der Waals surface area contributed by atoms with E-state index in [0.717, 1.165) is 38.2 Å². The van der Waals surface area contributed by atoms with Gasteiger partial charge >= 0.3 is 0 Å². The summed E-state index contributed by atoms with van der Waals surface area (Å²) in [7, 11) is 0. The van der Waals surface area contributed by atoms with E-state index in [0.29, 0.717) is 17.9 Å². The quantitative estimate of drug-likeness (QED) is 0.849. The van der Waals surface area contributed by atoms with Crippen LogP contribution in [0.4, 0.5) is 0 Å². The fourth-order valence-electron chi connectivity index (χ4n) is 2.60. The van der Waals surface area contributed by atoms with Crippen molar-refractivity contribution >= 4 is 0 Å². The molecule has 0 aromatic carbocycles. The first kappa shape index (κ1) is 11.2. The zero-order valence-corrected chi connectivity index (χ0v) is 10.2. The molecule has 5 nitrogen and oxygen atoms in total. The Morgan fingerprint density at radius 2 is 2.24 bits per heavy atom. The van der Waals surface area contributed by atoms with Crippen LogP contribution in [0.5, 0.6) is 0 Å². The molecule has 0 aliphatic carbocycles. The molecule has 3 heterocycles.